The zero-order valence-electron chi connectivity index (χ0n) is 11.6. The molecule has 0 bridgehead atoms. The molecule has 0 amide bonds. The quantitative estimate of drug-likeness (QED) is 0.644. The van der Waals surface area contributed by atoms with E-state index in [1.54, 1.807) is 0 Å². The largest absolute Gasteiger partial charge is 0.271 e. The minimum Gasteiger partial charge on any atom is -0.271 e. The van der Waals surface area contributed by atoms with Crippen molar-refractivity contribution in [1.82, 2.24) is 10.4 Å². The van der Waals surface area contributed by atoms with Crippen LogP contribution in [0, 0.1) is 6.92 Å². The van der Waals surface area contributed by atoms with Gasteiger partial charge in [0.2, 0.25) is 0 Å². The molecule has 0 fully saturated rings. The predicted molar refractivity (Wildman–Crippen MR) is 80.9 cm³/mol. The summed E-state index contributed by atoms with van der Waals surface area (Å²) in [6.45, 7) is 2.01. The highest BCUT2D eigenvalue weighted by atomic mass is 32.2. The second-order valence-corrected chi connectivity index (χ2v) is 7.28. The van der Waals surface area contributed by atoms with Crippen molar-refractivity contribution in [3.8, 4) is 0 Å². The molecule has 1 heterocycles. The monoisotopic (exact) mass is 293 g/mol. The number of nitrogens with two attached hydrogens (primary N) is 1. The predicted octanol–water partition coefficient (Wildman–Crippen LogP) is 1.48. The van der Waals surface area contributed by atoms with Gasteiger partial charge in [-0.25, -0.2) is 8.42 Å². The minimum absolute atomic E-state index is 0.0788. The lowest BCUT2D eigenvalue weighted by molar-refractivity contribution is 0.521. The molecule has 20 heavy (non-hydrogen) atoms. The zero-order chi connectivity index (χ0) is 14.8. The van der Waals surface area contributed by atoms with Gasteiger partial charge in [0.25, 0.3) is 0 Å². The fraction of sp³-hybridized carbons (Fsp3) is 0.357. The Kier molecular flexibility index (Phi) is 4.37. The van der Waals surface area contributed by atoms with Gasteiger partial charge in [-0.3, -0.25) is 16.3 Å². The summed E-state index contributed by atoms with van der Waals surface area (Å²) in [5.74, 6) is 5.62. The first-order valence-corrected chi connectivity index (χ1v) is 8.47. The number of nitrogens with zero attached hydrogens (tertiary/aromatic N) is 1. The van der Waals surface area contributed by atoms with Crippen LogP contribution in [0.25, 0.3) is 10.9 Å². The van der Waals surface area contributed by atoms with Crippen LogP contribution in [-0.4, -0.2) is 25.4 Å². The van der Waals surface area contributed by atoms with E-state index in [0.29, 0.717) is 6.42 Å². The molecule has 0 aliphatic carbocycles. The van der Waals surface area contributed by atoms with E-state index in [-0.39, 0.29) is 11.8 Å². The summed E-state index contributed by atoms with van der Waals surface area (Å²) in [4.78, 5) is 4.57. The summed E-state index contributed by atoms with van der Waals surface area (Å²) in [7, 11) is -3.01. The molecule has 6 heteroatoms. The van der Waals surface area contributed by atoms with E-state index in [4.69, 9.17) is 5.84 Å². The number of hydrogen-bond donors (Lipinski definition) is 2. The van der Waals surface area contributed by atoms with E-state index in [0.717, 1.165) is 22.2 Å². The lowest BCUT2D eigenvalue weighted by atomic mass is 10.0. The third-order valence-corrected chi connectivity index (χ3v) is 4.26. The number of rotatable bonds is 5. The van der Waals surface area contributed by atoms with Crippen molar-refractivity contribution in [2.75, 3.05) is 12.0 Å². The Hall–Kier alpha value is -1.50. The summed E-state index contributed by atoms with van der Waals surface area (Å²) in [5, 5.41) is 1.09. The number of fused-ring (bicyclic) bond motifs is 1. The lowest BCUT2D eigenvalue weighted by Crippen LogP contribution is -2.30. The van der Waals surface area contributed by atoms with Crippen LogP contribution in [0.5, 0.6) is 0 Å². The van der Waals surface area contributed by atoms with E-state index < -0.39 is 9.84 Å². The first-order valence-electron chi connectivity index (χ1n) is 6.41. The van der Waals surface area contributed by atoms with E-state index in [1.807, 2.05) is 37.3 Å². The molecule has 3 N–H and O–H groups in total. The second kappa shape index (κ2) is 5.87. The highest BCUT2D eigenvalue weighted by molar-refractivity contribution is 7.90. The Morgan fingerprint density at radius 1 is 1.35 bits per heavy atom. The first-order chi connectivity index (χ1) is 9.40. The molecule has 0 radical (unpaired) electrons. The van der Waals surface area contributed by atoms with Crippen molar-refractivity contribution in [1.29, 1.82) is 0 Å². The van der Waals surface area contributed by atoms with Crippen LogP contribution in [0.15, 0.2) is 30.3 Å². The van der Waals surface area contributed by atoms with Crippen molar-refractivity contribution in [2.45, 2.75) is 19.4 Å². The smallest absolute Gasteiger partial charge is 0.147 e. The summed E-state index contributed by atoms with van der Waals surface area (Å²) < 4.78 is 22.5. The molecule has 0 aliphatic rings. The van der Waals surface area contributed by atoms with Gasteiger partial charge in [0.15, 0.2) is 0 Å². The zero-order valence-corrected chi connectivity index (χ0v) is 12.4. The molecule has 0 aliphatic heterocycles. The standard InChI is InChI=1S/C14H19N3O2S/c1-10-9-14(13(17-15)7-8-20(2,18)19)16-12-6-4-3-5-11(10)12/h3-6,9,13,17H,7-8,15H2,1-2H3. The number of hydrazine groups is 1. The van der Waals surface area contributed by atoms with Crippen LogP contribution in [-0.2, 0) is 9.84 Å². The average Bonchev–Trinajstić information content (AvgIpc) is 2.38. The van der Waals surface area contributed by atoms with Gasteiger partial charge in [-0.15, -0.1) is 0 Å². The van der Waals surface area contributed by atoms with E-state index in [1.165, 1.54) is 6.26 Å². The molecular weight excluding hydrogens is 274 g/mol. The Balaban J connectivity index is 2.35. The number of pyridine rings is 1. The van der Waals surface area contributed by atoms with Gasteiger partial charge in [-0.2, -0.15) is 0 Å². The maximum absolute atomic E-state index is 11.3. The maximum Gasteiger partial charge on any atom is 0.147 e. The normalized spacial score (nSPS) is 13.6. The van der Waals surface area contributed by atoms with E-state index >= 15 is 0 Å². The highest BCUT2D eigenvalue weighted by Gasteiger charge is 2.15. The van der Waals surface area contributed by atoms with Crippen LogP contribution in [0.1, 0.15) is 23.7 Å². The van der Waals surface area contributed by atoms with Gasteiger partial charge in [0.1, 0.15) is 9.84 Å². The Labute approximate surface area is 119 Å². The number of para-hydroxylation sites is 1. The molecule has 1 atom stereocenters. The van der Waals surface area contributed by atoms with Crippen molar-refractivity contribution in [3.63, 3.8) is 0 Å². The van der Waals surface area contributed by atoms with Crippen molar-refractivity contribution >= 4 is 20.7 Å². The van der Waals surface area contributed by atoms with Gasteiger partial charge < -0.3 is 0 Å². The molecule has 2 rings (SSSR count). The minimum atomic E-state index is -3.01. The molecular formula is C14H19N3O2S. The van der Waals surface area contributed by atoms with Crippen LogP contribution in [0.3, 0.4) is 0 Å². The molecule has 1 aromatic heterocycles. The third-order valence-electron chi connectivity index (χ3n) is 3.28. The molecule has 0 spiro atoms. The third kappa shape index (κ3) is 3.53. The SMILES string of the molecule is Cc1cc(C(CCS(C)(=O)=O)NN)nc2ccccc12. The molecule has 0 saturated carbocycles. The molecule has 2 aromatic rings. The van der Waals surface area contributed by atoms with E-state index in [2.05, 4.69) is 10.4 Å². The van der Waals surface area contributed by atoms with Crippen LogP contribution < -0.4 is 11.3 Å². The number of sulfone groups is 1. The Morgan fingerprint density at radius 3 is 2.70 bits per heavy atom. The van der Waals surface area contributed by atoms with Crippen molar-refractivity contribution in [3.05, 3.63) is 41.6 Å². The number of nitrogens with one attached hydrogen (secondary N) is 1. The second-order valence-electron chi connectivity index (χ2n) is 5.02. The average molecular weight is 293 g/mol. The van der Waals surface area contributed by atoms with Gasteiger partial charge in [0.05, 0.1) is 23.0 Å². The maximum atomic E-state index is 11.3. The van der Waals surface area contributed by atoms with Gasteiger partial charge >= 0.3 is 0 Å². The van der Waals surface area contributed by atoms with Crippen molar-refractivity contribution < 1.29 is 8.42 Å². The van der Waals surface area contributed by atoms with Gasteiger partial charge in [0, 0.05) is 11.6 Å². The number of benzene rings is 1. The first kappa shape index (κ1) is 14.9. The molecule has 1 unspecified atom stereocenters. The number of hydrogen-bond acceptors (Lipinski definition) is 5. The van der Waals surface area contributed by atoms with E-state index in [9.17, 15) is 8.42 Å². The molecule has 1 aromatic carbocycles. The summed E-state index contributed by atoms with van der Waals surface area (Å²) in [6, 6.07) is 9.54. The Bertz CT molecular complexity index is 713. The topological polar surface area (TPSA) is 85.1 Å². The molecule has 108 valence electrons. The van der Waals surface area contributed by atoms with Crippen LogP contribution in [0.4, 0.5) is 0 Å². The van der Waals surface area contributed by atoms with Gasteiger partial charge in [-0.1, -0.05) is 18.2 Å². The number of aryl methyl sites for hydroxylation is 1. The van der Waals surface area contributed by atoms with Gasteiger partial charge in [-0.05, 0) is 31.0 Å². The van der Waals surface area contributed by atoms with Crippen LogP contribution in [0.2, 0.25) is 0 Å². The highest BCUT2D eigenvalue weighted by Crippen LogP contribution is 2.22. The summed E-state index contributed by atoms with van der Waals surface area (Å²) in [6.07, 6.45) is 1.62. The Morgan fingerprint density at radius 2 is 2.05 bits per heavy atom. The van der Waals surface area contributed by atoms with Crippen molar-refractivity contribution in [2.24, 2.45) is 5.84 Å². The number of aromatic nitrogens is 1. The van der Waals surface area contributed by atoms with Crippen LogP contribution >= 0.6 is 0 Å². The fourth-order valence-electron chi connectivity index (χ4n) is 2.20. The summed E-state index contributed by atoms with van der Waals surface area (Å²) >= 11 is 0. The fourth-order valence-corrected chi connectivity index (χ4v) is 2.87. The molecule has 5 nitrogen and oxygen atoms in total. The summed E-state index contributed by atoms with van der Waals surface area (Å²) in [5.41, 5.74) is 5.42. The molecule has 0 saturated heterocycles. The lowest BCUT2D eigenvalue weighted by Gasteiger charge is -2.16.